The number of aryl methyl sites for hydroxylation is 1. The second kappa shape index (κ2) is 9.08. The maximum absolute atomic E-state index is 11.9. The number of carbonyl (C=O) groups is 1. The highest BCUT2D eigenvalue weighted by molar-refractivity contribution is 5.84. The van der Waals surface area contributed by atoms with Gasteiger partial charge in [0.1, 0.15) is 19.0 Å². The summed E-state index contributed by atoms with van der Waals surface area (Å²) in [7, 11) is 1.58. The summed E-state index contributed by atoms with van der Waals surface area (Å²) in [6.45, 7) is 2.12. The summed E-state index contributed by atoms with van der Waals surface area (Å²) >= 11 is 0. The molecule has 0 saturated heterocycles. The van der Waals surface area contributed by atoms with Gasteiger partial charge in [0.2, 0.25) is 0 Å². The number of anilines is 1. The fourth-order valence-electron chi connectivity index (χ4n) is 2.03. The van der Waals surface area contributed by atoms with Gasteiger partial charge in [-0.05, 0) is 31.2 Å². The van der Waals surface area contributed by atoms with Gasteiger partial charge in [-0.15, -0.1) is 6.42 Å². The lowest BCUT2D eigenvalue weighted by Crippen LogP contribution is -2.13. The van der Waals surface area contributed by atoms with Crippen molar-refractivity contribution in [1.82, 2.24) is 0 Å². The van der Waals surface area contributed by atoms with Crippen LogP contribution >= 0.6 is 0 Å². The minimum absolute atomic E-state index is 0.0428. The minimum atomic E-state index is -0.552. The number of hydrogen-bond acceptors (Lipinski definition) is 5. The van der Waals surface area contributed by atoms with E-state index in [1.54, 1.807) is 25.2 Å². The van der Waals surface area contributed by atoms with Crippen molar-refractivity contribution in [2.75, 3.05) is 19.0 Å². The maximum Gasteiger partial charge on any atom is 0.411 e. The largest absolute Gasteiger partial charge is 0.480 e. The summed E-state index contributed by atoms with van der Waals surface area (Å²) in [5.41, 5.74) is 3.09. The molecule has 0 aromatic heterocycles. The predicted molar refractivity (Wildman–Crippen MR) is 96.2 cm³/mol. The molecule has 6 heteroatoms. The first-order chi connectivity index (χ1) is 12.1. The molecule has 0 fully saturated rings. The van der Waals surface area contributed by atoms with Crippen LogP contribution < -0.4 is 10.1 Å². The number of ether oxygens (including phenoxy) is 2. The van der Waals surface area contributed by atoms with Crippen LogP contribution in [-0.2, 0) is 11.3 Å². The number of nitrogens with one attached hydrogen (secondary N) is 1. The molecule has 0 aliphatic carbocycles. The number of azo groups is 1. The average Bonchev–Trinajstić information content (AvgIpc) is 2.61. The zero-order valence-electron chi connectivity index (χ0n) is 14.2. The molecule has 2 aromatic rings. The van der Waals surface area contributed by atoms with Gasteiger partial charge in [-0.3, -0.25) is 5.32 Å². The molecule has 1 N–H and O–H groups in total. The van der Waals surface area contributed by atoms with Crippen LogP contribution in [0.15, 0.2) is 52.7 Å². The Kier molecular flexibility index (Phi) is 6.55. The zero-order valence-corrected chi connectivity index (χ0v) is 14.2. The summed E-state index contributed by atoms with van der Waals surface area (Å²) in [6.07, 6.45) is 4.68. The summed E-state index contributed by atoms with van der Waals surface area (Å²) in [5, 5.41) is 10.3. The van der Waals surface area contributed by atoms with Crippen LogP contribution in [0.1, 0.15) is 11.1 Å². The van der Waals surface area contributed by atoms with E-state index in [-0.39, 0.29) is 13.2 Å². The highest BCUT2D eigenvalue weighted by atomic mass is 16.5. The number of amides is 1. The Bertz CT molecular complexity index is 793. The van der Waals surface area contributed by atoms with Crippen LogP contribution in [0.25, 0.3) is 0 Å². The van der Waals surface area contributed by atoms with Crippen LogP contribution in [0.3, 0.4) is 0 Å². The van der Waals surface area contributed by atoms with E-state index in [9.17, 15) is 4.79 Å². The Morgan fingerprint density at radius 2 is 2.00 bits per heavy atom. The summed E-state index contributed by atoms with van der Waals surface area (Å²) < 4.78 is 10.7. The molecule has 2 rings (SSSR count). The molecule has 0 heterocycles. The van der Waals surface area contributed by atoms with Crippen molar-refractivity contribution >= 4 is 17.5 Å². The highest BCUT2D eigenvalue weighted by Crippen LogP contribution is 2.26. The van der Waals surface area contributed by atoms with Gasteiger partial charge < -0.3 is 9.47 Å². The van der Waals surface area contributed by atoms with Crippen molar-refractivity contribution in [3.63, 3.8) is 0 Å². The summed E-state index contributed by atoms with van der Waals surface area (Å²) in [4.78, 5) is 11.9. The highest BCUT2D eigenvalue weighted by Gasteiger charge is 2.09. The van der Waals surface area contributed by atoms with E-state index in [4.69, 9.17) is 15.9 Å². The van der Waals surface area contributed by atoms with E-state index < -0.39 is 6.09 Å². The van der Waals surface area contributed by atoms with E-state index in [0.29, 0.717) is 22.7 Å². The third-order valence-corrected chi connectivity index (χ3v) is 3.23. The number of nitrogens with zero attached hydrogens (tertiary/aromatic N) is 2. The first-order valence-corrected chi connectivity index (χ1v) is 7.62. The summed E-state index contributed by atoms with van der Waals surface area (Å²) in [5.74, 6) is 2.91. The lowest BCUT2D eigenvalue weighted by atomic mass is 10.2. The SMILES string of the molecule is C#CCOc1cc(N=NC)ccc1COC(=O)Nc1ccc(C)cc1. The molecule has 0 bridgehead atoms. The Labute approximate surface area is 146 Å². The third kappa shape index (κ3) is 5.66. The first-order valence-electron chi connectivity index (χ1n) is 7.62. The molecule has 2 aromatic carbocycles. The molecule has 25 heavy (non-hydrogen) atoms. The Morgan fingerprint density at radius 1 is 1.24 bits per heavy atom. The fourth-order valence-corrected chi connectivity index (χ4v) is 2.03. The van der Waals surface area contributed by atoms with Gasteiger partial charge in [0.05, 0.1) is 5.69 Å². The maximum atomic E-state index is 11.9. The van der Waals surface area contributed by atoms with E-state index in [2.05, 4.69) is 21.5 Å². The van der Waals surface area contributed by atoms with Gasteiger partial charge >= 0.3 is 6.09 Å². The molecule has 0 radical (unpaired) electrons. The van der Waals surface area contributed by atoms with Gasteiger partial charge in [0.25, 0.3) is 0 Å². The van der Waals surface area contributed by atoms with Crippen LogP contribution in [0, 0.1) is 19.3 Å². The normalized spacial score (nSPS) is 10.3. The second-order valence-electron chi connectivity index (χ2n) is 5.15. The Balaban J connectivity index is 2.01. The molecule has 0 aliphatic rings. The van der Waals surface area contributed by atoms with E-state index in [1.165, 1.54) is 0 Å². The van der Waals surface area contributed by atoms with Gasteiger partial charge in [-0.2, -0.15) is 10.2 Å². The van der Waals surface area contributed by atoms with Crippen molar-refractivity contribution in [2.24, 2.45) is 10.2 Å². The quantitative estimate of drug-likeness (QED) is 0.624. The molecule has 0 saturated carbocycles. The molecule has 6 nitrogen and oxygen atoms in total. The van der Waals surface area contributed by atoms with E-state index >= 15 is 0 Å². The number of terminal acetylenes is 1. The molecule has 0 spiro atoms. The van der Waals surface area contributed by atoms with Gasteiger partial charge in [-0.1, -0.05) is 23.6 Å². The smallest absolute Gasteiger partial charge is 0.411 e. The van der Waals surface area contributed by atoms with E-state index in [0.717, 1.165) is 5.56 Å². The first kappa shape index (κ1) is 18.0. The summed E-state index contributed by atoms with van der Waals surface area (Å²) in [6, 6.07) is 12.6. The van der Waals surface area contributed by atoms with Gasteiger partial charge in [0.15, 0.2) is 0 Å². The predicted octanol–water partition coefficient (Wildman–Crippen LogP) is 4.47. The number of hydrogen-bond donors (Lipinski definition) is 1. The standard InChI is InChI=1S/C19H19N3O3/c1-4-11-24-18-12-17(22-20-3)10-7-15(18)13-25-19(23)21-16-8-5-14(2)6-9-16/h1,5-10,12H,11,13H2,2-3H3,(H,21,23). The molecule has 0 unspecified atom stereocenters. The van der Waals surface area contributed by atoms with Gasteiger partial charge in [0, 0.05) is 24.4 Å². The van der Waals surface area contributed by atoms with Crippen LogP contribution in [0.4, 0.5) is 16.2 Å². The number of rotatable bonds is 6. The van der Waals surface area contributed by atoms with Crippen LogP contribution in [0.5, 0.6) is 5.75 Å². The Morgan fingerprint density at radius 3 is 2.68 bits per heavy atom. The van der Waals surface area contributed by atoms with Crippen molar-refractivity contribution < 1.29 is 14.3 Å². The zero-order chi connectivity index (χ0) is 18.1. The van der Waals surface area contributed by atoms with Crippen molar-refractivity contribution in [2.45, 2.75) is 13.5 Å². The number of carbonyl (C=O) groups excluding carboxylic acids is 1. The number of benzene rings is 2. The molecular weight excluding hydrogens is 318 g/mol. The minimum Gasteiger partial charge on any atom is -0.480 e. The molecule has 0 aliphatic heterocycles. The van der Waals surface area contributed by atoms with Crippen molar-refractivity contribution in [1.29, 1.82) is 0 Å². The molecule has 128 valence electrons. The molecular formula is C19H19N3O3. The third-order valence-electron chi connectivity index (χ3n) is 3.23. The van der Waals surface area contributed by atoms with Crippen LogP contribution in [-0.4, -0.2) is 19.7 Å². The lowest BCUT2D eigenvalue weighted by Gasteiger charge is -2.11. The van der Waals surface area contributed by atoms with E-state index in [1.807, 2.05) is 31.2 Å². The fraction of sp³-hybridized carbons (Fsp3) is 0.211. The van der Waals surface area contributed by atoms with Crippen molar-refractivity contribution in [3.05, 3.63) is 53.6 Å². The average molecular weight is 337 g/mol. The molecule has 0 atom stereocenters. The molecule has 1 amide bonds. The van der Waals surface area contributed by atoms with Crippen LogP contribution in [0.2, 0.25) is 0 Å². The lowest BCUT2D eigenvalue weighted by molar-refractivity contribution is 0.153. The topological polar surface area (TPSA) is 72.3 Å². The van der Waals surface area contributed by atoms with Crippen molar-refractivity contribution in [3.8, 4) is 18.1 Å². The Hall–Kier alpha value is -3.33. The van der Waals surface area contributed by atoms with Gasteiger partial charge in [-0.25, -0.2) is 4.79 Å². The second-order valence-corrected chi connectivity index (χ2v) is 5.15. The monoisotopic (exact) mass is 337 g/mol.